The third kappa shape index (κ3) is 6.11. The molecular weight excluding hydrogens is 398 g/mol. The van der Waals surface area contributed by atoms with Crippen molar-refractivity contribution in [2.45, 2.75) is 102 Å². The second-order valence-electron chi connectivity index (χ2n) is 10.6. The first-order chi connectivity index (χ1) is 15.7. The van der Waals surface area contributed by atoms with E-state index in [4.69, 9.17) is 9.47 Å². The second kappa shape index (κ2) is 11.9. The van der Waals surface area contributed by atoms with Crippen LogP contribution in [-0.2, 0) is 9.47 Å². The van der Waals surface area contributed by atoms with Crippen molar-refractivity contribution in [3.63, 3.8) is 0 Å². The zero-order valence-electron chi connectivity index (χ0n) is 20.5. The maximum absolute atomic E-state index is 6.51. The van der Waals surface area contributed by atoms with Gasteiger partial charge in [0.15, 0.2) is 0 Å². The maximum Gasteiger partial charge on any atom is 0.114 e. The standard InChI is InChI=1S/C27H45N3O2/c1-19(2)32-26(23-8-4-6-16-28-23)21-12-10-20(11-13-21)22-14-15-25(30-18-22)27(31-3)24-9-5-7-17-29-24/h5,7,9,17,19-23,25-28,30H,4,6,8,10-16,18H2,1-3H3. The van der Waals surface area contributed by atoms with Crippen molar-refractivity contribution < 1.29 is 9.47 Å². The van der Waals surface area contributed by atoms with E-state index in [0.29, 0.717) is 24.3 Å². The third-order valence-corrected chi connectivity index (χ3v) is 8.21. The number of pyridine rings is 1. The zero-order chi connectivity index (χ0) is 22.3. The van der Waals surface area contributed by atoms with Crippen molar-refractivity contribution in [2.24, 2.45) is 17.8 Å². The largest absolute Gasteiger partial charge is 0.374 e. The highest BCUT2D eigenvalue weighted by molar-refractivity contribution is 5.10. The summed E-state index contributed by atoms with van der Waals surface area (Å²) in [7, 11) is 1.81. The molecule has 0 radical (unpaired) electrons. The van der Waals surface area contributed by atoms with Crippen molar-refractivity contribution in [1.82, 2.24) is 15.6 Å². The Bertz CT molecular complexity index is 648. The summed E-state index contributed by atoms with van der Waals surface area (Å²) in [6, 6.07) is 7.03. The fourth-order valence-corrected chi connectivity index (χ4v) is 6.55. The van der Waals surface area contributed by atoms with E-state index in [1.807, 2.05) is 19.4 Å². The van der Waals surface area contributed by atoms with E-state index < -0.39 is 0 Å². The molecule has 1 aromatic heterocycles. The molecule has 4 rings (SSSR count). The van der Waals surface area contributed by atoms with Crippen LogP contribution in [0.1, 0.15) is 83.4 Å². The molecule has 2 saturated heterocycles. The van der Waals surface area contributed by atoms with E-state index >= 15 is 0 Å². The van der Waals surface area contributed by atoms with Crippen molar-refractivity contribution in [3.05, 3.63) is 30.1 Å². The lowest BCUT2D eigenvalue weighted by Gasteiger charge is -2.43. The minimum Gasteiger partial charge on any atom is -0.374 e. The van der Waals surface area contributed by atoms with Gasteiger partial charge in [-0.05, 0) is 108 Å². The Kier molecular flexibility index (Phi) is 8.98. The van der Waals surface area contributed by atoms with Gasteiger partial charge in [-0.15, -0.1) is 0 Å². The molecule has 3 aliphatic rings. The average Bonchev–Trinajstić information content (AvgIpc) is 2.85. The monoisotopic (exact) mass is 443 g/mol. The van der Waals surface area contributed by atoms with Crippen molar-refractivity contribution in [1.29, 1.82) is 0 Å². The minimum atomic E-state index is 0.0461. The van der Waals surface area contributed by atoms with Gasteiger partial charge in [0.1, 0.15) is 6.10 Å². The van der Waals surface area contributed by atoms with E-state index in [1.165, 1.54) is 57.8 Å². The molecule has 0 spiro atoms. The Morgan fingerprint density at radius 3 is 2.31 bits per heavy atom. The minimum absolute atomic E-state index is 0.0461. The number of rotatable bonds is 8. The summed E-state index contributed by atoms with van der Waals surface area (Å²) in [6.07, 6.45) is 14.4. The van der Waals surface area contributed by atoms with Crippen LogP contribution >= 0.6 is 0 Å². The Morgan fingerprint density at radius 2 is 1.72 bits per heavy atom. The van der Waals surface area contributed by atoms with Crippen LogP contribution in [0, 0.1) is 17.8 Å². The van der Waals surface area contributed by atoms with Gasteiger partial charge >= 0.3 is 0 Å². The SMILES string of the molecule is COC(c1ccccn1)C1CCC(C2CCC(C(OC(C)C)C3CCCCN3)CC2)CN1. The fourth-order valence-electron chi connectivity index (χ4n) is 6.55. The van der Waals surface area contributed by atoms with E-state index in [-0.39, 0.29) is 6.10 Å². The number of aromatic nitrogens is 1. The van der Waals surface area contributed by atoms with Gasteiger partial charge in [0.05, 0.1) is 17.9 Å². The van der Waals surface area contributed by atoms with Gasteiger partial charge in [-0.3, -0.25) is 4.98 Å². The van der Waals surface area contributed by atoms with Crippen LogP contribution in [0.25, 0.3) is 0 Å². The average molecular weight is 444 g/mol. The molecule has 5 unspecified atom stereocenters. The predicted molar refractivity (Wildman–Crippen MR) is 130 cm³/mol. The molecule has 2 N–H and O–H groups in total. The normalized spacial score (nSPS) is 33.7. The molecule has 2 aliphatic heterocycles. The molecule has 0 bridgehead atoms. The predicted octanol–water partition coefficient (Wildman–Crippen LogP) is 4.88. The van der Waals surface area contributed by atoms with Gasteiger partial charge in [-0.25, -0.2) is 0 Å². The van der Waals surface area contributed by atoms with Crippen LogP contribution in [0.15, 0.2) is 24.4 Å². The lowest BCUT2D eigenvalue weighted by atomic mass is 9.70. The van der Waals surface area contributed by atoms with Crippen molar-refractivity contribution >= 4 is 0 Å². The molecule has 180 valence electrons. The number of hydrogen-bond donors (Lipinski definition) is 2. The molecule has 5 nitrogen and oxygen atoms in total. The van der Waals surface area contributed by atoms with Gasteiger partial charge in [0.25, 0.3) is 0 Å². The van der Waals surface area contributed by atoms with E-state index in [0.717, 1.165) is 36.5 Å². The summed E-state index contributed by atoms with van der Waals surface area (Å²) in [6.45, 7) is 6.67. The quantitative estimate of drug-likeness (QED) is 0.600. The third-order valence-electron chi connectivity index (χ3n) is 8.21. The van der Waals surface area contributed by atoms with Gasteiger partial charge in [0, 0.05) is 25.4 Å². The summed E-state index contributed by atoms with van der Waals surface area (Å²) in [5, 5.41) is 7.61. The van der Waals surface area contributed by atoms with Crippen LogP contribution in [0.5, 0.6) is 0 Å². The highest BCUT2D eigenvalue weighted by Crippen LogP contribution is 2.40. The van der Waals surface area contributed by atoms with Gasteiger partial charge in [-0.2, -0.15) is 0 Å². The summed E-state index contributed by atoms with van der Waals surface area (Å²) < 4.78 is 12.4. The number of piperidine rings is 2. The van der Waals surface area contributed by atoms with E-state index in [2.05, 4.69) is 41.6 Å². The topological polar surface area (TPSA) is 55.4 Å². The number of ether oxygens (including phenoxy) is 2. The molecule has 1 aliphatic carbocycles. The van der Waals surface area contributed by atoms with E-state index in [9.17, 15) is 0 Å². The highest BCUT2D eigenvalue weighted by Gasteiger charge is 2.38. The Balaban J connectivity index is 1.27. The maximum atomic E-state index is 6.51. The Labute approximate surface area is 195 Å². The number of hydrogen-bond acceptors (Lipinski definition) is 5. The van der Waals surface area contributed by atoms with Gasteiger partial charge in [0.2, 0.25) is 0 Å². The first-order valence-corrected chi connectivity index (χ1v) is 13.2. The van der Waals surface area contributed by atoms with Gasteiger partial charge in [-0.1, -0.05) is 12.5 Å². The molecule has 5 atom stereocenters. The van der Waals surface area contributed by atoms with Crippen LogP contribution in [0.2, 0.25) is 0 Å². The van der Waals surface area contributed by atoms with E-state index in [1.54, 1.807) is 0 Å². The Morgan fingerprint density at radius 1 is 0.906 bits per heavy atom. The Hall–Kier alpha value is -1.01. The van der Waals surface area contributed by atoms with Crippen LogP contribution in [-0.4, -0.2) is 49.5 Å². The molecule has 0 amide bonds. The molecule has 32 heavy (non-hydrogen) atoms. The molecule has 1 aromatic rings. The fraction of sp³-hybridized carbons (Fsp3) is 0.815. The molecule has 0 aromatic carbocycles. The summed E-state index contributed by atoms with van der Waals surface area (Å²) >= 11 is 0. The van der Waals surface area contributed by atoms with Crippen LogP contribution in [0.4, 0.5) is 0 Å². The summed E-state index contributed by atoms with van der Waals surface area (Å²) in [5.41, 5.74) is 1.04. The number of nitrogens with one attached hydrogen (secondary N) is 2. The van der Waals surface area contributed by atoms with Gasteiger partial charge < -0.3 is 20.1 Å². The molecule has 3 fully saturated rings. The van der Waals surface area contributed by atoms with Crippen LogP contribution < -0.4 is 10.6 Å². The summed E-state index contributed by atoms with van der Waals surface area (Å²) in [5.74, 6) is 2.37. The number of nitrogens with zero attached hydrogens (tertiary/aromatic N) is 1. The first-order valence-electron chi connectivity index (χ1n) is 13.2. The summed E-state index contributed by atoms with van der Waals surface area (Å²) in [4.78, 5) is 4.54. The molecule has 3 heterocycles. The first kappa shape index (κ1) is 24.1. The molecule has 5 heteroatoms. The highest BCUT2D eigenvalue weighted by atomic mass is 16.5. The second-order valence-corrected chi connectivity index (χ2v) is 10.6. The van der Waals surface area contributed by atoms with Crippen molar-refractivity contribution in [2.75, 3.05) is 20.2 Å². The lowest BCUT2D eigenvalue weighted by molar-refractivity contribution is -0.0652. The molecular formula is C27H45N3O2. The van der Waals surface area contributed by atoms with Crippen molar-refractivity contribution in [3.8, 4) is 0 Å². The zero-order valence-corrected chi connectivity index (χ0v) is 20.5. The molecule has 1 saturated carbocycles. The lowest BCUT2D eigenvalue weighted by Crippen LogP contribution is -2.50. The number of methoxy groups -OCH3 is 1. The smallest absolute Gasteiger partial charge is 0.114 e. The van der Waals surface area contributed by atoms with Crippen LogP contribution in [0.3, 0.4) is 0 Å².